The molecule has 0 spiro atoms. The Bertz CT molecular complexity index is 774. The molecule has 0 N–H and O–H groups in total. The third kappa shape index (κ3) is 1.83. The number of methoxy groups -OCH3 is 1. The SMILES string of the molecule is COc1ncnc2sc(C#N)c(-c3ccccc3)c12. The highest BCUT2D eigenvalue weighted by atomic mass is 32.1. The molecule has 3 rings (SSSR count). The topological polar surface area (TPSA) is 58.8 Å². The highest BCUT2D eigenvalue weighted by molar-refractivity contribution is 7.19. The van der Waals surface area contributed by atoms with Gasteiger partial charge in [0.2, 0.25) is 5.88 Å². The predicted octanol–water partition coefficient (Wildman–Crippen LogP) is 3.24. The number of thiophene rings is 1. The Hall–Kier alpha value is -2.45. The lowest BCUT2D eigenvalue weighted by atomic mass is 10.0. The fourth-order valence-electron chi connectivity index (χ4n) is 2.02. The van der Waals surface area contributed by atoms with E-state index in [9.17, 15) is 5.26 Å². The molecular formula is C14H9N3OS. The van der Waals surface area contributed by atoms with E-state index in [0.717, 1.165) is 21.3 Å². The summed E-state index contributed by atoms with van der Waals surface area (Å²) in [6, 6.07) is 12.0. The van der Waals surface area contributed by atoms with Crippen LogP contribution in [0.15, 0.2) is 36.7 Å². The number of ether oxygens (including phenoxy) is 1. The van der Waals surface area contributed by atoms with Crippen molar-refractivity contribution in [3.05, 3.63) is 41.5 Å². The first-order chi connectivity index (χ1) is 9.35. The van der Waals surface area contributed by atoms with Crippen LogP contribution in [0.25, 0.3) is 21.3 Å². The smallest absolute Gasteiger partial charge is 0.225 e. The van der Waals surface area contributed by atoms with Gasteiger partial charge < -0.3 is 4.74 Å². The summed E-state index contributed by atoms with van der Waals surface area (Å²) in [6.45, 7) is 0. The van der Waals surface area contributed by atoms with Gasteiger partial charge in [0, 0.05) is 5.56 Å². The van der Waals surface area contributed by atoms with Crippen molar-refractivity contribution < 1.29 is 4.74 Å². The zero-order chi connectivity index (χ0) is 13.2. The maximum atomic E-state index is 9.32. The number of rotatable bonds is 2. The van der Waals surface area contributed by atoms with E-state index in [1.165, 1.54) is 17.7 Å². The predicted molar refractivity (Wildman–Crippen MR) is 74.1 cm³/mol. The number of benzene rings is 1. The van der Waals surface area contributed by atoms with Crippen molar-refractivity contribution in [1.82, 2.24) is 9.97 Å². The standard InChI is InChI=1S/C14H9N3OS/c1-18-13-12-11(9-5-3-2-4-6-9)10(7-15)19-14(12)17-8-16-13/h2-6,8H,1H3. The lowest BCUT2D eigenvalue weighted by Crippen LogP contribution is -1.90. The van der Waals surface area contributed by atoms with Crippen LogP contribution >= 0.6 is 11.3 Å². The van der Waals surface area contributed by atoms with Gasteiger partial charge in [-0.25, -0.2) is 9.97 Å². The highest BCUT2D eigenvalue weighted by Crippen LogP contribution is 2.40. The van der Waals surface area contributed by atoms with Crippen LogP contribution in [0, 0.1) is 11.3 Å². The minimum Gasteiger partial charge on any atom is -0.480 e. The number of fused-ring (bicyclic) bond motifs is 1. The highest BCUT2D eigenvalue weighted by Gasteiger charge is 2.18. The maximum absolute atomic E-state index is 9.32. The van der Waals surface area contributed by atoms with Crippen LogP contribution in [0.2, 0.25) is 0 Å². The van der Waals surface area contributed by atoms with Gasteiger partial charge >= 0.3 is 0 Å². The van der Waals surface area contributed by atoms with Crippen LogP contribution in [0.3, 0.4) is 0 Å². The minimum atomic E-state index is 0.501. The van der Waals surface area contributed by atoms with E-state index in [4.69, 9.17) is 4.74 Å². The van der Waals surface area contributed by atoms with Crippen LogP contribution in [0.1, 0.15) is 4.88 Å². The Morgan fingerprint density at radius 2 is 2.00 bits per heavy atom. The van der Waals surface area contributed by atoms with Crippen molar-refractivity contribution in [2.75, 3.05) is 7.11 Å². The second kappa shape index (κ2) is 4.67. The fraction of sp³-hybridized carbons (Fsp3) is 0.0714. The Morgan fingerprint density at radius 3 is 2.68 bits per heavy atom. The Kier molecular flexibility index (Phi) is 2.86. The molecule has 4 nitrogen and oxygen atoms in total. The molecule has 0 saturated heterocycles. The van der Waals surface area contributed by atoms with Crippen LogP contribution in [0.4, 0.5) is 0 Å². The second-order valence-electron chi connectivity index (χ2n) is 3.85. The van der Waals surface area contributed by atoms with Crippen LogP contribution < -0.4 is 4.74 Å². The van der Waals surface area contributed by atoms with Gasteiger partial charge in [-0.2, -0.15) is 5.26 Å². The van der Waals surface area contributed by atoms with Gasteiger partial charge in [-0.05, 0) is 5.56 Å². The Morgan fingerprint density at radius 1 is 1.21 bits per heavy atom. The molecule has 2 heterocycles. The van der Waals surface area contributed by atoms with E-state index in [1.807, 2.05) is 30.3 Å². The maximum Gasteiger partial charge on any atom is 0.225 e. The number of hydrogen-bond acceptors (Lipinski definition) is 5. The van der Waals surface area contributed by atoms with Gasteiger partial charge in [0.05, 0.1) is 12.5 Å². The zero-order valence-corrected chi connectivity index (χ0v) is 10.9. The van der Waals surface area contributed by atoms with E-state index < -0.39 is 0 Å². The van der Waals surface area contributed by atoms with Crippen LogP contribution in [0.5, 0.6) is 5.88 Å². The molecule has 0 amide bonds. The van der Waals surface area contributed by atoms with Crippen molar-refractivity contribution in [1.29, 1.82) is 5.26 Å². The van der Waals surface area contributed by atoms with Crippen molar-refractivity contribution in [2.24, 2.45) is 0 Å². The first kappa shape index (κ1) is 11.6. The van der Waals surface area contributed by atoms with E-state index in [0.29, 0.717) is 10.8 Å². The summed E-state index contributed by atoms with van der Waals surface area (Å²) in [7, 11) is 1.57. The van der Waals surface area contributed by atoms with Crippen molar-refractivity contribution >= 4 is 21.6 Å². The van der Waals surface area contributed by atoms with Gasteiger partial charge in [-0.15, -0.1) is 11.3 Å². The number of aromatic nitrogens is 2. The molecule has 0 fully saturated rings. The van der Waals surface area contributed by atoms with E-state index in [2.05, 4.69) is 16.0 Å². The third-order valence-corrected chi connectivity index (χ3v) is 3.81. The fourth-order valence-corrected chi connectivity index (χ4v) is 2.97. The largest absolute Gasteiger partial charge is 0.480 e. The van der Waals surface area contributed by atoms with E-state index in [-0.39, 0.29) is 0 Å². The summed E-state index contributed by atoms with van der Waals surface area (Å²) in [6.07, 6.45) is 1.45. The normalized spacial score (nSPS) is 10.3. The summed E-state index contributed by atoms with van der Waals surface area (Å²) in [5.74, 6) is 0.501. The first-order valence-corrected chi connectivity index (χ1v) is 6.44. The lowest BCUT2D eigenvalue weighted by Gasteiger charge is -2.03. The van der Waals surface area contributed by atoms with Crippen molar-refractivity contribution in [3.8, 4) is 23.1 Å². The quantitative estimate of drug-likeness (QED) is 0.715. The molecule has 0 bridgehead atoms. The Balaban J connectivity index is 2.42. The molecule has 0 atom stereocenters. The molecule has 0 aliphatic carbocycles. The van der Waals surface area contributed by atoms with Crippen LogP contribution in [-0.4, -0.2) is 17.1 Å². The molecule has 92 valence electrons. The molecule has 0 radical (unpaired) electrons. The molecule has 19 heavy (non-hydrogen) atoms. The molecule has 0 aliphatic heterocycles. The van der Waals surface area contributed by atoms with Gasteiger partial charge in [0.1, 0.15) is 22.1 Å². The monoisotopic (exact) mass is 267 g/mol. The van der Waals surface area contributed by atoms with Crippen LogP contribution in [-0.2, 0) is 0 Å². The van der Waals surface area contributed by atoms with Gasteiger partial charge in [-0.3, -0.25) is 0 Å². The van der Waals surface area contributed by atoms with E-state index >= 15 is 0 Å². The van der Waals surface area contributed by atoms with Gasteiger partial charge in [0.15, 0.2) is 0 Å². The van der Waals surface area contributed by atoms with Gasteiger partial charge in [-0.1, -0.05) is 30.3 Å². The average molecular weight is 267 g/mol. The van der Waals surface area contributed by atoms with Crippen molar-refractivity contribution in [2.45, 2.75) is 0 Å². The zero-order valence-electron chi connectivity index (χ0n) is 10.1. The third-order valence-electron chi connectivity index (χ3n) is 2.81. The second-order valence-corrected chi connectivity index (χ2v) is 4.85. The number of hydrogen-bond donors (Lipinski definition) is 0. The first-order valence-electron chi connectivity index (χ1n) is 5.62. The van der Waals surface area contributed by atoms with Crippen molar-refractivity contribution in [3.63, 3.8) is 0 Å². The summed E-state index contributed by atoms with van der Waals surface area (Å²) in [4.78, 5) is 9.73. The molecule has 0 unspecified atom stereocenters. The average Bonchev–Trinajstić information content (AvgIpc) is 2.86. The molecule has 2 aromatic heterocycles. The molecule has 3 aromatic rings. The summed E-state index contributed by atoms with van der Waals surface area (Å²) in [5.41, 5.74) is 1.82. The summed E-state index contributed by atoms with van der Waals surface area (Å²) >= 11 is 1.36. The molecule has 1 aromatic carbocycles. The van der Waals surface area contributed by atoms with E-state index in [1.54, 1.807) is 7.11 Å². The summed E-state index contributed by atoms with van der Waals surface area (Å²) in [5, 5.41) is 10.1. The molecule has 5 heteroatoms. The Labute approximate surface area is 113 Å². The number of nitriles is 1. The van der Waals surface area contributed by atoms with Gasteiger partial charge in [0.25, 0.3) is 0 Å². The molecule has 0 saturated carbocycles. The summed E-state index contributed by atoms with van der Waals surface area (Å²) < 4.78 is 5.29. The lowest BCUT2D eigenvalue weighted by molar-refractivity contribution is 0.403. The molecular weight excluding hydrogens is 258 g/mol. The minimum absolute atomic E-state index is 0.501. The molecule has 0 aliphatic rings. The number of nitrogens with zero attached hydrogens (tertiary/aromatic N) is 3.